The molecule has 5 heteroatoms. The minimum Gasteiger partial charge on any atom is -0.376 e. The Kier molecular flexibility index (Phi) is 5.30. The van der Waals surface area contributed by atoms with E-state index < -0.39 is 0 Å². The standard InChI is InChI=1S/C19H25N3O2/c1-15(13-24-14-16-7-4-3-5-8-16)19(23)22-10-6-9-18(22)17-11-20-21(2)12-17/h3-5,7-8,11-12,15,18H,6,9-10,13-14H2,1-2H3/t15-,18-/m0/s1. The second kappa shape index (κ2) is 7.62. The van der Waals surface area contributed by atoms with Crippen molar-refractivity contribution in [3.8, 4) is 0 Å². The number of hydrogen-bond donors (Lipinski definition) is 0. The first-order valence-corrected chi connectivity index (χ1v) is 8.56. The van der Waals surface area contributed by atoms with Crippen LogP contribution in [0.1, 0.15) is 36.9 Å². The van der Waals surface area contributed by atoms with E-state index in [9.17, 15) is 4.79 Å². The van der Waals surface area contributed by atoms with E-state index in [0.29, 0.717) is 13.2 Å². The topological polar surface area (TPSA) is 47.4 Å². The second-order valence-corrected chi connectivity index (χ2v) is 6.54. The van der Waals surface area contributed by atoms with Crippen LogP contribution < -0.4 is 0 Å². The predicted octanol–water partition coefficient (Wildman–Crippen LogP) is 2.94. The molecule has 0 saturated carbocycles. The van der Waals surface area contributed by atoms with Gasteiger partial charge in [0.05, 0.1) is 31.4 Å². The Morgan fingerprint density at radius 3 is 2.88 bits per heavy atom. The maximum atomic E-state index is 12.8. The summed E-state index contributed by atoms with van der Waals surface area (Å²) in [6.07, 6.45) is 5.93. The number of aryl methyl sites for hydroxylation is 1. The summed E-state index contributed by atoms with van der Waals surface area (Å²) in [5.74, 6) is 0.0420. The third-order valence-corrected chi connectivity index (χ3v) is 4.55. The maximum absolute atomic E-state index is 12.8. The Morgan fingerprint density at radius 1 is 1.38 bits per heavy atom. The van der Waals surface area contributed by atoms with Crippen molar-refractivity contribution in [3.05, 3.63) is 53.9 Å². The van der Waals surface area contributed by atoms with Crippen molar-refractivity contribution in [3.63, 3.8) is 0 Å². The first kappa shape index (κ1) is 16.7. The van der Waals surface area contributed by atoms with Gasteiger partial charge in [-0.05, 0) is 18.4 Å². The van der Waals surface area contributed by atoms with Gasteiger partial charge in [-0.15, -0.1) is 0 Å². The van der Waals surface area contributed by atoms with Gasteiger partial charge in [-0.2, -0.15) is 5.10 Å². The molecule has 0 aliphatic carbocycles. The normalized spacial score (nSPS) is 18.8. The summed E-state index contributed by atoms with van der Waals surface area (Å²) < 4.78 is 7.54. The van der Waals surface area contributed by atoms with E-state index in [-0.39, 0.29) is 17.9 Å². The molecule has 1 aromatic heterocycles. The van der Waals surface area contributed by atoms with Gasteiger partial charge in [0.2, 0.25) is 5.91 Å². The van der Waals surface area contributed by atoms with Gasteiger partial charge < -0.3 is 9.64 Å². The van der Waals surface area contributed by atoms with Crippen molar-refractivity contribution in [2.24, 2.45) is 13.0 Å². The summed E-state index contributed by atoms with van der Waals surface area (Å²) in [6, 6.07) is 10.2. The van der Waals surface area contributed by atoms with E-state index >= 15 is 0 Å². The lowest BCUT2D eigenvalue weighted by Crippen LogP contribution is -2.36. The summed E-state index contributed by atoms with van der Waals surface area (Å²) in [5.41, 5.74) is 2.26. The monoisotopic (exact) mass is 327 g/mol. The van der Waals surface area contributed by atoms with Gasteiger partial charge in [0, 0.05) is 25.4 Å². The summed E-state index contributed by atoms with van der Waals surface area (Å²) >= 11 is 0. The van der Waals surface area contributed by atoms with Crippen LogP contribution in [0.5, 0.6) is 0 Å². The van der Waals surface area contributed by atoms with Crippen LogP contribution in [0, 0.1) is 5.92 Å². The van der Waals surface area contributed by atoms with Crippen LogP contribution in [-0.2, 0) is 23.2 Å². The van der Waals surface area contributed by atoms with Crippen molar-refractivity contribution in [2.75, 3.05) is 13.2 Å². The van der Waals surface area contributed by atoms with Crippen LogP contribution in [0.4, 0.5) is 0 Å². The molecule has 1 saturated heterocycles. The van der Waals surface area contributed by atoms with Crippen molar-refractivity contribution in [2.45, 2.75) is 32.4 Å². The average molecular weight is 327 g/mol. The van der Waals surface area contributed by atoms with Gasteiger partial charge in [0.15, 0.2) is 0 Å². The van der Waals surface area contributed by atoms with E-state index in [4.69, 9.17) is 4.74 Å². The number of carbonyl (C=O) groups excluding carboxylic acids is 1. The molecule has 5 nitrogen and oxygen atoms in total. The number of ether oxygens (including phenoxy) is 1. The molecule has 1 aliphatic heterocycles. The smallest absolute Gasteiger partial charge is 0.228 e. The lowest BCUT2D eigenvalue weighted by Gasteiger charge is -2.27. The average Bonchev–Trinajstić information content (AvgIpc) is 3.23. The number of nitrogens with zero attached hydrogens (tertiary/aromatic N) is 3. The zero-order chi connectivity index (χ0) is 16.9. The summed E-state index contributed by atoms with van der Waals surface area (Å²) in [4.78, 5) is 14.8. The molecule has 2 heterocycles. The number of likely N-dealkylation sites (tertiary alicyclic amines) is 1. The molecule has 3 rings (SSSR count). The van der Waals surface area contributed by atoms with Crippen LogP contribution in [0.15, 0.2) is 42.7 Å². The molecule has 0 bridgehead atoms. The Balaban J connectivity index is 1.54. The zero-order valence-electron chi connectivity index (χ0n) is 14.4. The van der Waals surface area contributed by atoms with Crippen molar-refractivity contribution < 1.29 is 9.53 Å². The Labute approximate surface area is 143 Å². The van der Waals surface area contributed by atoms with Crippen molar-refractivity contribution >= 4 is 5.91 Å². The molecule has 1 fully saturated rings. The van der Waals surface area contributed by atoms with E-state index in [1.165, 1.54) is 0 Å². The molecule has 2 aromatic rings. The highest BCUT2D eigenvalue weighted by atomic mass is 16.5. The quantitative estimate of drug-likeness (QED) is 0.819. The van der Waals surface area contributed by atoms with Gasteiger partial charge >= 0.3 is 0 Å². The minimum atomic E-state index is -0.133. The van der Waals surface area contributed by atoms with Gasteiger partial charge in [-0.25, -0.2) is 0 Å². The molecule has 0 N–H and O–H groups in total. The van der Waals surface area contributed by atoms with Crippen LogP contribution in [0.2, 0.25) is 0 Å². The van der Waals surface area contributed by atoms with Crippen LogP contribution in [-0.4, -0.2) is 33.7 Å². The van der Waals surface area contributed by atoms with Gasteiger partial charge in [0.1, 0.15) is 0 Å². The maximum Gasteiger partial charge on any atom is 0.228 e. The van der Waals surface area contributed by atoms with E-state index in [1.54, 1.807) is 4.68 Å². The third-order valence-electron chi connectivity index (χ3n) is 4.55. The highest BCUT2D eigenvalue weighted by Crippen LogP contribution is 2.32. The Hall–Kier alpha value is -2.14. The Bertz CT molecular complexity index is 668. The fourth-order valence-electron chi connectivity index (χ4n) is 3.27. The summed E-state index contributed by atoms with van der Waals surface area (Å²) in [5, 5.41) is 4.24. The third kappa shape index (κ3) is 3.85. The van der Waals surface area contributed by atoms with Crippen LogP contribution in [0.3, 0.4) is 0 Å². The molecular formula is C19H25N3O2. The molecule has 0 radical (unpaired) electrons. The minimum absolute atomic E-state index is 0.133. The largest absolute Gasteiger partial charge is 0.376 e. The Morgan fingerprint density at radius 2 is 2.17 bits per heavy atom. The number of benzene rings is 1. The van der Waals surface area contributed by atoms with E-state index in [0.717, 1.165) is 30.5 Å². The SMILES string of the molecule is C[C@@H](COCc1ccccc1)C(=O)N1CCC[C@H]1c1cnn(C)c1. The second-order valence-electron chi connectivity index (χ2n) is 6.54. The molecule has 128 valence electrons. The van der Waals surface area contributed by atoms with E-state index in [2.05, 4.69) is 5.10 Å². The fraction of sp³-hybridized carbons (Fsp3) is 0.474. The highest BCUT2D eigenvalue weighted by molar-refractivity contribution is 5.79. The first-order valence-electron chi connectivity index (χ1n) is 8.56. The number of hydrogen-bond acceptors (Lipinski definition) is 3. The van der Waals surface area contributed by atoms with Crippen LogP contribution in [0.25, 0.3) is 0 Å². The number of amides is 1. The predicted molar refractivity (Wildman–Crippen MR) is 92.2 cm³/mol. The number of carbonyl (C=O) groups is 1. The molecule has 24 heavy (non-hydrogen) atoms. The highest BCUT2D eigenvalue weighted by Gasteiger charge is 2.33. The zero-order valence-corrected chi connectivity index (χ0v) is 14.4. The lowest BCUT2D eigenvalue weighted by molar-refractivity contribution is -0.138. The molecule has 1 amide bonds. The van der Waals surface area contributed by atoms with Gasteiger partial charge in [0.25, 0.3) is 0 Å². The number of aromatic nitrogens is 2. The summed E-state index contributed by atoms with van der Waals surface area (Å²) in [6.45, 7) is 3.77. The number of rotatable bonds is 6. The van der Waals surface area contributed by atoms with Crippen molar-refractivity contribution in [1.29, 1.82) is 0 Å². The van der Waals surface area contributed by atoms with Crippen molar-refractivity contribution in [1.82, 2.24) is 14.7 Å². The molecule has 1 aromatic carbocycles. The summed E-state index contributed by atoms with van der Waals surface area (Å²) in [7, 11) is 1.91. The first-order chi connectivity index (χ1) is 11.6. The van der Waals surface area contributed by atoms with E-state index in [1.807, 2.05) is 61.6 Å². The van der Waals surface area contributed by atoms with Gasteiger partial charge in [-0.3, -0.25) is 9.48 Å². The molecule has 1 aliphatic rings. The molecule has 2 atom stereocenters. The lowest BCUT2D eigenvalue weighted by atomic mass is 10.1. The van der Waals surface area contributed by atoms with Gasteiger partial charge in [-0.1, -0.05) is 37.3 Å². The molecular weight excluding hydrogens is 302 g/mol. The molecule has 0 spiro atoms. The van der Waals surface area contributed by atoms with Crippen LogP contribution >= 0.6 is 0 Å². The molecule has 0 unspecified atom stereocenters. The fourth-order valence-corrected chi connectivity index (χ4v) is 3.27.